The summed E-state index contributed by atoms with van der Waals surface area (Å²) in [7, 11) is 2.05. The van der Waals surface area contributed by atoms with Crippen molar-refractivity contribution in [1.29, 1.82) is 0 Å². The van der Waals surface area contributed by atoms with E-state index in [1.807, 2.05) is 19.4 Å². The number of carbonyl (C=O) groups excluding carboxylic acids is 1. The maximum absolute atomic E-state index is 12.8. The lowest BCUT2D eigenvalue weighted by Crippen LogP contribution is -2.40. The molecule has 0 unspecified atom stereocenters. The molecule has 0 aliphatic carbocycles. The van der Waals surface area contributed by atoms with Gasteiger partial charge in [-0.05, 0) is 44.3 Å². The molecule has 1 aromatic rings. The second-order valence-electron chi connectivity index (χ2n) is 6.43. The van der Waals surface area contributed by atoms with Gasteiger partial charge in [-0.2, -0.15) is 0 Å². The average Bonchev–Trinajstić information content (AvgIpc) is 3.06. The van der Waals surface area contributed by atoms with Gasteiger partial charge in [0.1, 0.15) is 6.61 Å². The number of amides is 1. The summed E-state index contributed by atoms with van der Waals surface area (Å²) in [6.45, 7) is 6.55. The molecule has 3 rings (SSSR count). The van der Waals surface area contributed by atoms with E-state index in [1.54, 1.807) is 11.8 Å². The third-order valence-electron chi connectivity index (χ3n) is 5.01. The maximum atomic E-state index is 12.8. The first-order valence-electron chi connectivity index (χ1n) is 8.72. The highest BCUT2D eigenvalue weighted by molar-refractivity contribution is 7.98. The summed E-state index contributed by atoms with van der Waals surface area (Å²) in [5.41, 5.74) is 1.67. The Hall–Kier alpha value is -1.40. The number of hydrogen-bond donors (Lipinski definition) is 1. The fourth-order valence-electron chi connectivity index (χ4n) is 3.56. The van der Waals surface area contributed by atoms with Gasteiger partial charge in [0, 0.05) is 24.5 Å². The molecule has 0 saturated carbocycles. The molecule has 2 aliphatic heterocycles. The predicted molar refractivity (Wildman–Crippen MR) is 99.6 cm³/mol. The van der Waals surface area contributed by atoms with Gasteiger partial charge in [-0.25, -0.2) is 0 Å². The molecule has 1 aromatic carbocycles. The first-order chi connectivity index (χ1) is 11.6. The van der Waals surface area contributed by atoms with E-state index in [1.165, 1.54) is 6.42 Å². The van der Waals surface area contributed by atoms with E-state index in [9.17, 15) is 4.79 Å². The number of benzene rings is 1. The number of thioether (sulfide) groups is 1. The van der Waals surface area contributed by atoms with Crippen LogP contribution in [0.2, 0.25) is 0 Å². The number of rotatable bonds is 5. The number of nitrogens with one attached hydrogen (secondary N) is 1. The molecule has 2 aliphatic rings. The van der Waals surface area contributed by atoms with Crippen molar-refractivity contribution < 1.29 is 9.53 Å². The zero-order valence-corrected chi connectivity index (χ0v) is 15.6. The number of likely N-dealkylation sites (N-methyl/N-ethyl adjacent to an activating group) is 2. The number of hydrogen-bond acceptors (Lipinski definition) is 5. The number of likely N-dealkylation sites (tertiary alicyclic amines) is 1. The molecule has 1 atom stereocenters. The highest BCUT2D eigenvalue weighted by atomic mass is 32.2. The highest BCUT2D eigenvalue weighted by Gasteiger charge is 2.26. The van der Waals surface area contributed by atoms with Crippen LogP contribution in [0.4, 0.5) is 5.69 Å². The SMILES string of the molecule is CCN1CCC[C@H]1CNC(=O)c1cc(SC)cc2c1OCCN2C. The van der Waals surface area contributed by atoms with Crippen LogP contribution in [0.5, 0.6) is 5.75 Å². The Morgan fingerprint density at radius 1 is 1.42 bits per heavy atom. The zero-order valence-electron chi connectivity index (χ0n) is 14.8. The average molecular weight is 350 g/mol. The summed E-state index contributed by atoms with van der Waals surface area (Å²) >= 11 is 1.65. The summed E-state index contributed by atoms with van der Waals surface area (Å²) in [6.07, 6.45) is 4.42. The second kappa shape index (κ2) is 7.66. The van der Waals surface area contributed by atoms with Gasteiger partial charge < -0.3 is 15.0 Å². The van der Waals surface area contributed by atoms with Gasteiger partial charge in [0.15, 0.2) is 5.75 Å². The van der Waals surface area contributed by atoms with Crippen molar-refractivity contribution >= 4 is 23.4 Å². The zero-order chi connectivity index (χ0) is 17.1. The molecule has 6 heteroatoms. The Morgan fingerprint density at radius 2 is 2.25 bits per heavy atom. The summed E-state index contributed by atoms with van der Waals surface area (Å²) in [5, 5.41) is 3.13. The highest BCUT2D eigenvalue weighted by Crippen LogP contribution is 2.38. The quantitative estimate of drug-likeness (QED) is 0.828. The number of ether oxygens (including phenoxy) is 1. The summed E-state index contributed by atoms with van der Waals surface area (Å²) in [6, 6.07) is 4.51. The Balaban J connectivity index is 1.77. The fraction of sp³-hybridized carbons (Fsp3) is 0.611. The van der Waals surface area contributed by atoms with Crippen LogP contribution in [0.3, 0.4) is 0 Å². The van der Waals surface area contributed by atoms with Crippen LogP contribution < -0.4 is 15.0 Å². The van der Waals surface area contributed by atoms with Gasteiger partial charge >= 0.3 is 0 Å². The first-order valence-corrected chi connectivity index (χ1v) is 9.94. The summed E-state index contributed by atoms with van der Waals surface area (Å²) in [5.74, 6) is 0.693. The molecule has 1 fully saturated rings. The molecule has 2 heterocycles. The number of fused-ring (bicyclic) bond motifs is 1. The lowest BCUT2D eigenvalue weighted by atomic mass is 10.1. The molecular formula is C18H27N3O2S. The maximum Gasteiger partial charge on any atom is 0.255 e. The van der Waals surface area contributed by atoms with E-state index in [2.05, 4.69) is 28.1 Å². The summed E-state index contributed by atoms with van der Waals surface area (Å²) < 4.78 is 5.84. The van der Waals surface area contributed by atoms with Crippen molar-refractivity contribution in [2.24, 2.45) is 0 Å². The van der Waals surface area contributed by atoms with Gasteiger partial charge in [0.25, 0.3) is 5.91 Å². The van der Waals surface area contributed by atoms with Crippen LogP contribution in [-0.4, -0.2) is 62.9 Å². The Kier molecular flexibility index (Phi) is 5.56. The minimum Gasteiger partial charge on any atom is -0.489 e. The summed E-state index contributed by atoms with van der Waals surface area (Å²) in [4.78, 5) is 18.5. The molecule has 1 saturated heterocycles. The van der Waals surface area contributed by atoms with Crippen LogP contribution in [-0.2, 0) is 0 Å². The van der Waals surface area contributed by atoms with E-state index in [0.717, 1.165) is 42.4 Å². The smallest absolute Gasteiger partial charge is 0.255 e. The first kappa shape index (κ1) is 17.4. The largest absolute Gasteiger partial charge is 0.489 e. The van der Waals surface area contributed by atoms with Crippen LogP contribution >= 0.6 is 11.8 Å². The van der Waals surface area contributed by atoms with E-state index in [4.69, 9.17) is 4.74 Å². The topological polar surface area (TPSA) is 44.8 Å². The van der Waals surface area contributed by atoms with Gasteiger partial charge in [-0.1, -0.05) is 6.92 Å². The van der Waals surface area contributed by atoms with Crippen molar-refractivity contribution in [1.82, 2.24) is 10.2 Å². The van der Waals surface area contributed by atoms with Gasteiger partial charge in [-0.15, -0.1) is 11.8 Å². The molecule has 0 aromatic heterocycles. The molecule has 0 spiro atoms. The molecule has 1 amide bonds. The monoisotopic (exact) mass is 349 g/mol. The van der Waals surface area contributed by atoms with Crippen molar-refractivity contribution in [3.63, 3.8) is 0 Å². The van der Waals surface area contributed by atoms with Crippen LogP contribution in [0.15, 0.2) is 17.0 Å². The minimum absolute atomic E-state index is 0.0274. The third kappa shape index (κ3) is 3.49. The Morgan fingerprint density at radius 3 is 3.00 bits per heavy atom. The molecule has 24 heavy (non-hydrogen) atoms. The molecular weight excluding hydrogens is 322 g/mol. The molecule has 5 nitrogen and oxygen atoms in total. The number of anilines is 1. The van der Waals surface area contributed by atoms with Crippen molar-refractivity contribution in [3.8, 4) is 5.75 Å². The van der Waals surface area contributed by atoms with E-state index < -0.39 is 0 Å². The van der Waals surface area contributed by atoms with E-state index in [0.29, 0.717) is 24.8 Å². The van der Waals surface area contributed by atoms with Crippen molar-refractivity contribution in [2.45, 2.75) is 30.7 Å². The van der Waals surface area contributed by atoms with E-state index >= 15 is 0 Å². The lowest BCUT2D eigenvalue weighted by molar-refractivity contribution is 0.0937. The second-order valence-corrected chi connectivity index (χ2v) is 7.31. The van der Waals surface area contributed by atoms with Crippen LogP contribution in [0.1, 0.15) is 30.1 Å². The minimum atomic E-state index is -0.0274. The standard InChI is InChI=1S/C18H27N3O2S/c1-4-21-7-5-6-13(21)12-19-18(22)15-10-14(24-3)11-16-17(15)23-9-8-20(16)2/h10-11,13H,4-9,12H2,1-3H3,(H,19,22)/t13-/m0/s1. The van der Waals surface area contributed by atoms with Crippen molar-refractivity contribution in [2.75, 3.05) is 51.0 Å². The van der Waals surface area contributed by atoms with Gasteiger partial charge in [-0.3, -0.25) is 9.69 Å². The lowest BCUT2D eigenvalue weighted by Gasteiger charge is -2.30. The normalized spacial score (nSPS) is 20.6. The predicted octanol–water partition coefficient (Wildman–Crippen LogP) is 2.45. The van der Waals surface area contributed by atoms with E-state index in [-0.39, 0.29) is 5.91 Å². The Bertz CT molecular complexity index is 608. The van der Waals surface area contributed by atoms with Crippen LogP contribution in [0, 0.1) is 0 Å². The fourth-order valence-corrected chi connectivity index (χ4v) is 4.03. The molecule has 0 bridgehead atoms. The Labute approximate surface area is 148 Å². The van der Waals surface area contributed by atoms with Crippen LogP contribution in [0.25, 0.3) is 0 Å². The molecule has 1 N–H and O–H groups in total. The van der Waals surface area contributed by atoms with Crippen molar-refractivity contribution in [3.05, 3.63) is 17.7 Å². The number of carbonyl (C=O) groups is 1. The third-order valence-corrected chi connectivity index (χ3v) is 5.72. The number of nitrogens with zero attached hydrogens (tertiary/aromatic N) is 2. The van der Waals surface area contributed by atoms with Gasteiger partial charge in [0.05, 0.1) is 17.8 Å². The molecule has 132 valence electrons. The van der Waals surface area contributed by atoms with Gasteiger partial charge in [0.2, 0.25) is 0 Å². The molecule has 0 radical (unpaired) electrons.